The molecule has 8 heteroatoms. The number of nitrogens with one attached hydrogen (secondary N) is 1. The Bertz CT molecular complexity index is 862. The Kier molecular flexibility index (Phi) is 6.09. The van der Waals surface area contributed by atoms with Crippen molar-refractivity contribution < 1.29 is 18.0 Å². The van der Waals surface area contributed by atoms with Gasteiger partial charge >= 0.3 is 0 Å². The summed E-state index contributed by atoms with van der Waals surface area (Å²) in [6.07, 6.45) is 5.92. The van der Waals surface area contributed by atoms with Crippen molar-refractivity contribution in [2.45, 2.75) is 69.4 Å². The van der Waals surface area contributed by atoms with E-state index in [-0.39, 0.29) is 35.3 Å². The van der Waals surface area contributed by atoms with Crippen molar-refractivity contribution in [1.82, 2.24) is 9.62 Å². The molecule has 7 nitrogen and oxygen atoms in total. The van der Waals surface area contributed by atoms with Gasteiger partial charge in [-0.25, -0.2) is 8.42 Å². The van der Waals surface area contributed by atoms with Crippen molar-refractivity contribution in [2.75, 3.05) is 18.5 Å². The molecule has 2 aliphatic rings. The number of amides is 2. The molecular formula is C20H29N3O4S. The van der Waals surface area contributed by atoms with Crippen molar-refractivity contribution in [3.63, 3.8) is 0 Å². The maximum atomic E-state index is 12.9. The monoisotopic (exact) mass is 407 g/mol. The van der Waals surface area contributed by atoms with E-state index in [1.807, 2.05) is 6.92 Å². The van der Waals surface area contributed by atoms with Gasteiger partial charge in [0.25, 0.3) is 0 Å². The minimum atomic E-state index is -3.78. The van der Waals surface area contributed by atoms with Crippen LogP contribution in [-0.2, 0) is 26.0 Å². The van der Waals surface area contributed by atoms with Crippen molar-refractivity contribution in [3.8, 4) is 0 Å². The summed E-state index contributed by atoms with van der Waals surface area (Å²) in [7, 11) is -2.36. The highest BCUT2D eigenvalue weighted by molar-refractivity contribution is 7.89. The Hall–Kier alpha value is -1.93. The molecule has 3 rings (SSSR count). The first-order valence-electron chi connectivity index (χ1n) is 9.88. The second-order valence-corrected chi connectivity index (χ2v) is 9.94. The number of fused-ring (bicyclic) bond motifs is 1. The van der Waals surface area contributed by atoms with E-state index in [1.165, 1.54) is 26.5 Å². The molecule has 28 heavy (non-hydrogen) atoms. The SMILES string of the molecule is CC(=O)N1c2ccc(S(=O)(=O)N(C)CC(=O)NC3CCCCC3)cc2CC1C. The highest BCUT2D eigenvalue weighted by atomic mass is 32.2. The van der Waals surface area contributed by atoms with Crippen LogP contribution < -0.4 is 10.2 Å². The van der Waals surface area contributed by atoms with Crippen LogP contribution in [0.5, 0.6) is 0 Å². The fourth-order valence-corrected chi connectivity index (χ4v) is 5.41. The van der Waals surface area contributed by atoms with Crippen LogP contribution in [0.4, 0.5) is 5.69 Å². The van der Waals surface area contributed by atoms with Gasteiger partial charge in [0.05, 0.1) is 11.4 Å². The maximum Gasteiger partial charge on any atom is 0.243 e. The van der Waals surface area contributed by atoms with Crippen molar-refractivity contribution in [2.24, 2.45) is 0 Å². The van der Waals surface area contributed by atoms with E-state index in [9.17, 15) is 18.0 Å². The topological polar surface area (TPSA) is 86.8 Å². The van der Waals surface area contributed by atoms with E-state index in [0.29, 0.717) is 6.42 Å². The van der Waals surface area contributed by atoms with Crippen LogP contribution in [0.15, 0.2) is 23.1 Å². The predicted octanol–water partition coefficient (Wildman–Crippen LogP) is 2.05. The highest BCUT2D eigenvalue weighted by Crippen LogP contribution is 2.34. The van der Waals surface area contributed by atoms with E-state index in [0.717, 1.165) is 41.2 Å². The zero-order valence-electron chi connectivity index (χ0n) is 16.8. The minimum absolute atomic E-state index is 0.00412. The number of benzene rings is 1. The van der Waals surface area contributed by atoms with Gasteiger partial charge in [0.15, 0.2) is 0 Å². The smallest absolute Gasteiger partial charge is 0.243 e. The average Bonchev–Trinajstić information content (AvgIpc) is 2.97. The normalized spacial score (nSPS) is 20.3. The van der Waals surface area contributed by atoms with Crippen LogP contribution in [0.2, 0.25) is 0 Å². The second kappa shape index (κ2) is 8.21. The molecule has 1 atom stereocenters. The van der Waals surface area contributed by atoms with Crippen LogP contribution in [0.25, 0.3) is 0 Å². The molecule has 1 saturated carbocycles. The molecule has 1 unspecified atom stereocenters. The van der Waals surface area contributed by atoms with Crippen molar-refractivity contribution in [3.05, 3.63) is 23.8 Å². The fourth-order valence-electron chi connectivity index (χ4n) is 4.24. The third kappa shape index (κ3) is 4.22. The lowest BCUT2D eigenvalue weighted by atomic mass is 9.95. The number of carbonyl (C=O) groups is 2. The van der Waals surface area contributed by atoms with E-state index >= 15 is 0 Å². The van der Waals surface area contributed by atoms with Gasteiger partial charge in [0.2, 0.25) is 21.8 Å². The molecule has 1 fully saturated rings. The van der Waals surface area contributed by atoms with Crippen LogP contribution in [0.3, 0.4) is 0 Å². The van der Waals surface area contributed by atoms with Gasteiger partial charge in [-0.2, -0.15) is 4.31 Å². The maximum absolute atomic E-state index is 12.9. The first kappa shape index (κ1) is 20.8. The molecule has 1 heterocycles. The predicted molar refractivity (Wildman–Crippen MR) is 108 cm³/mol. The number of hydrogen-bond donors (Lipinski definition) is 1. The van der Waals surface area contributed by atoms with Crippen LogP contribution in [0, 0.1) is 0 Å². The highest BCUT2D eigenvalue weighted by Gasteiger charge is 2.31. The molecule has 1 aliphatic carbocycles. The summed E-state index contributed by atoms with van der Waals surface area (Å²) in [5.41, 5.74) is 1.60. The van der Waals surface area contributed by atoms with Gasteiger partial charge in [-0.15, -0.1) is 0 Å². The molecule has 0 aromatic heterocycles. The number of hydrogen-bond acceptors (Lipinski definition) is 4. The van der Waals surface area contributed by atoms with Gasteiger partial charge in [-0.1, -0.05) is 19.3 Å². The molecule has 2 amide bonds. The van der Waals surface area contributed by atoms with Crippen LogP contribution >= 0.6 is 0 Å². The largest absolute Gasteiger partial charge is 0.352 e. The van der Waals surface area contributed by atoms with Crippen molar-refractivity contribution >= 4 is 27.5 Å². The first-order valence-corrected chi connectivity index (χ1v) is 11.3. The zero-order valence-corrected chi connectivity index (χ0v) is 17.6. The molecule has 0 radical (unpaired) electrons. The number of anilines is 1. The number of likely N-dealkylation sites (N-methyl/N-ethyl adjacent to an activating group) is 1. The summed E-state index contributed by atoms with van der Waals surface area (Å²) in [5, 5.41) is 2.95. The Balaban J connectivity index is 1.71. The minimum Gasteiger partial charge on any atom is -0.352 e. The number of carbonyl (C=O) groups excluding carboxylic acids is 2. The summed E-state index contributed by atoms with van der Waals surface area (Å²) in [6, 6.07) is 4.97. The van der Waals surface area contributed by atoms with E-state index < -0.39 is 10.0 Å². The van der Waals surface area contributed by atoms with Gasteiger partial charge < -0.3 is 10.2 Å². The van der Waals surface area contributed by atoms with Gasteiger partial charge in [-0.05, 0) is 49.9 Å². The number of sulfonamides is 1. The lowest BCUT2D eigenvalue weighted by Crippen LogP contribution is -2.43. The Morgan fingerprint density at radius 2 is 1.89 bits per heavy atom. The second-order valence-electron chi connectivity index (χ2n) is 7.90. The fraction of sp³-hybridized carbons (Fsp3) is 0.600. The summed E-state index contributed by atoms with van der Waals surface area (Å²) in [5.74, 6) is -0.325. The molecule has 1 aromatic carbocycles. The Labute approximate surface area is 167 Å². The quantitative estimate of drug-likeness (QED) is 0.809. The summed E-state index contributed by atoms with van der Waals surface area (Å²) in [4.78, 5) is 26.0. The Morgan fingerprint density at radius 3 is 2.54 bits per heavy atom. The lowest BCUT2D eigenvalue weighted by molar-refractivity contribution is -0.122. The molecular weight excluding hydrogens is 378 g/mol. The lowest BCUT2D eigenvalue weighted by Gasteiger charge is -2.24. The standard InChI is InChI=1S/C20H29N3O4S/c1-14-11-16-12-18(9-10-19(16)23(14)15(2)24)28(26,27)22(3)13-20(25)21-17-7-5-4-6-8-17/h9-10,12,14,17H,4-8,11,13H2,1-3H3,(H,21,25). The molecule has 1 aliphatic heterocycles. The third-order valence-corrected chi connectivity index (χ3v) is 7.45. The van der Waals surface area contributed by atoms with Gasteiger partial charge in [0.1, 0.15) is 0 Å². The van der Waals surface area contributed by atoms with Crippen LogP contribution in [0.1, 0.15) is 51.5 Å². The summed E-state index contributed by atoms with van der Waals surface area (Å²) >= 11 is 0. The molecule has 1 aromatic rings. The zero-order chi connectivity index (χ0) is 20.5. The molecule has 0 spiro atoms. The van der Waals surface area contributed by atoms with Gasteiger partial charge in [-0.3, -0.25) is 9.59 Å². The van der Waals surface area contributed by atoms with E-state index in [2.05, 4.69) is 5.32 Å². The molecule has 0 bridgehead atoms. The van der Waals surface area contributed by atoms with Crippen LogP contribution in [-0.4, -0.2) is 50.2 Å². The third-order valence-electron chi connectivity index (χ3n) is 5.65. The summed E-state index contributed by atoms with van der Waals surface area (Å²) < 4.78 is 26.9. The number of rotatable bonds is 5. The van der Waals surface area contributed by atoms with Gasteiger partial charge in [0, 0.05) is 31.7 Å². The van der Waals surface area contributed by atoms with Crippen molar-refractivity contribution in [1.29, 1.82) is 0 Å². The molecule has 0 saturated heterocycles. The van der Waals surface area contributed by atoms with E-state index in [1.54, 1.807) is 17.0 Å². The summed E-state index contributed by atoms with van der Waals surface area (Å²) in [6.45, 7) is 3.25. The molecule has 1 N–H and O–H groups in total. The van der Waals surface area contributed by atoms with E-state index in [4.69, 9.17) is 0 Å². The number of nitrogens with zero attached hydrogens (tertiary/aromatic N) is 2. The average molecular weight is 408 g/mol. The first-order chi connectivity index (χ1) is 13.2. The molecule has 154 valence electrons. The Morgan fingerprint density at radius 1 is 1.21 bits per heavy atom.